The van der Waals surface area contributed by atoms with Gasteiger partial charge >= 0.3 is 0 Å². The van der Waals surface area contributed by atoms with E-state index in [0.29, 0.717) is 27.9 Å². The van der Waals surface area contributed by atoms with E-state index in [9.17, 15) is 4.79 Å². The number of hydrogen-bond donors (Lipinski definition) is 1. The van der Waals surface area contributed by atoms with Gasteiger partial charge in [0.25, 0.3) is 5.56 Å². The van der Waals surface area contributed by atoms with E-state index in [2.05, 4.69) is 16.7 Å². The molecule has 2 aliphatic carbocycles. The average molecular weight is 328 g/mol. The second kappa shape index (κ2) is 6.61. The first-order chi connectivity index (χ1) is 10.2. The summed E-state index contributed by atoms with van der Waals surface area (Å²) in [6.45, 7) is 0.725. The van der Waals surface area contributed by atoms with Crippen LogP contribution in [-0.2, 0) is 6.54 Å². The molecule has 0 amide bonds. The fourth-order valence-electron chi connectivity index (χ4n) is 2.97. The van der Waals surface area contributed by atoms with Crippen LogP contribution in [0.3, 0.4) is 0 Å². The quantitative estimate of drug-likeness (QED) is 0.900. The summed E-state index contributed by atoms with van der Waals surface area (Å²) >= 11 is 8.12. The van der Waals surface area contributed by atoms with Crippen molar-refractivity contribution in [2.75, 3.05) is 11.6 Å². The van der Waals surface area contributed by atoms with E-state index in [1.165, 1.54) is 25.7 Å². The van der Waals surface area contributed by atoms with Gasteiger partial charge in [-0.15, -0.1) is 0 Å². The third-order valence-electron chi connectivity index (χ3n) is 4.43. The maximum Gasteiger partial charge on any atom is 0.291 e. The monoisotopic (exact) mass is 327 g/mol. The Morgan fingerprint density at radius 1 is 1.43 bits per heavy atom. The molecule has 1 N–H and O–H groups in total. The van der Waals surface area contributed by atoms with Gasteiger partial charge in [-0.1, -0.05) is 18.0 Å². The zero-order valence-electron chi connectivity index (χ0n) is 12.3. The van der Waals surface area contributed by atoms with Crippen LogP contribution in [0.1, 0.15) is 38.5 Å². The minimum atomic E-state index is -0.0688. The topological polar surface area (TPSA) is 46.9 Å². The zero-order valence-corrected chi connectivity index (χ0v) is 13.9. The van der Waals surface area contributed by atoms with Crippen LogP contribution in [-0.4, -0.2) is 27.3 Å². The summed E-state index contributed by atoms with van der Waals surface area (Å²) in [6, 6.07) is 0.346. The van der Waals surface area contributed by atoms with E-state index in [4.69, 9.17) is 11.6 Å². The standard InChI is InChI=1S/C15H22ClN3OS/c1-21-12-4-2-3-11(7-12)18-14-13(16)8-17-19(15(14)20)9-10-5-6-10/h8,10-12,18H,2-7,9H2,1H3. The minimum absolute atomic E-state index is 0.0688. The van der Waals surface area contributed by atoms with E-state index in [1.807, 2.05) is 11.8 Å². The molecule has 0 radical (unpaired) electrons. The summed E-state index contributed by atoms with van der Waals surface area (Å²) in [5.41, 5.74) is 0.472. The van der Waals surface area contributed by atoms with Gasteiger partial charge in [0.1, 0.15) is 5.69 Å². The van der Waals surface area contributed by atoms with E-state index in [-0.39, 0.29) is 5.56 Å². The molecule has 0 saturated heterocycles. The van der Waals surface area contributed by atoms with E-state index < -0.39 is 0 Å². The second-order valence-corrected chi connectivity index (χ2v) is 7.71. The smallest absolute Gasteiger partial charge is 0.291 e. The van der Waals surface area contributed by atoms with Gasteiger partial charge in [0.2, 0.25) is 0 Å². The predicted octanol–water partition coefficient (Wildman–Crippen LogP) is 3.39. The van der Waals surface area contributed by atoms with Gasteiger partial charge in [-0.05, 0) is 44.3 Å². The third-order valence-corrected chi connectivity index (χ3v) is 5.81. The summed E-state index contributed by atoms with van der Waals surface area (Å²) in [7, 11) is 0. The lowest BCUT2D eigenvalue weighted by molar-refractivity contribution is 0.471. The molecule has 0 aromatic carbocycles. The second-order valence-electron chi connectivity index (χ2n) is 6.16. The van der Waals surface area contributed by atoms with Gasteiger partial charge in [0, 0.05) is 17.8 Å². The predicted molar refractivity (Wildman–Crippen MR) is 89.4 cm³/mol. The normalized spacial score (nSPS) is 25.8. The van der Waals surface area contributed by atoms with Crippen molar-refractivity contribution in [1.29, 1.82) is 0 Å². The fourth-order valence-corrected chi connectivity index (χ4v) is 3.97. The molecule has 2 unspecified atom stereocenters. The Hall–Kier alpha value is -0.680. The van der Waals surface area contributed by atoms with Crippen LogP contribution in [0, 0.1) is 5.92 Å². The molecule has 0 aliphatic heterocycles. The number of halogens is 1. The zero-order chi connectivity index (χ0) is 14.8. The Kier molecular flexibility index (Phi) is 4.79. The Balaban J connectivity index is 1.75. The molecule has 2 aliphatic rings. The molecule has 0 bridgehead atoms. The van der Waals surface area contributed by atoms with Crippen LogP contribution < -0.4 is 10.9 Å². The lowest BCUT2D eigenvalue weighted by Crippen LogP contribution is -2.33. The first-order valence-corrected chi connectivity index (χ1v) is 9.39. The molecule has 1 aromatic rings. The third kappa shape index (κ3) is 3.75. The van der Waals surface area contributed by atoms with Crippen LogP contribution in [0.4, 0.5) is 5.69 Å². The van der Waals surface area contributed by atoms with Crippen molar-refractivity contribution in [3.8, 4) is 0 Å². The lowest BCUT2D eigenvalue weighted by Gasteiger charge is -2.29. The molecule has 116 valence electrons. The Bertz CT molecular complexity index is 558. The van der Waals surface area contributed by atoms with Crippen molar-refractivity contribution in [2.45, 2.75) is 56.4 Å². The average Bonchev–Trinajstić information content (AvgIpc) is 3.31. The molecule has 2 fully saturated rings. The van der Waals surface area contributed by atoms with Crippen LogP contribution in [0.25, 0.3) is 0 Å². The van der Waals surface area contributed by atoms with Crippen molar-refractivity contribution in [3.05, 3.63) is 21.6 Å². The number of hydrogen-bond acceptors (Lipinski definition) is 4. The molecular formula is C15H22ClN3OS. The van der Waals surface area contributed by atoms with Crippen LogP contribution in [0.2, 0.25) is 5.02 Å². The van der Waals surface area contributed by atoms with Crippen molar-refractivity contribution in [1.82, 2.24) is 9.78 Å². The maximum absolute atomic E-state index is 12.5. The largest absolute Gasteiger partial charge is 0.376 e. The van der Waals surface area contributed by atoms with Crippen molar-refractivity contribution < 1.29 is 0 Å². The Labute approximate surface area is 134 Å². The van der Waals surface area contributed by atoms with E-state index in [0.717, 1.165) is 19.4 Å². The van der Waals surface area contributed by atoms with Gasteiger partial charge < -0.3 is 5.32 Å². The van der Waals surface area contributed by atoms with Gasteiger partial charge in [-0.3, -0.25) is 4.79 Å². The van der Waals surface area contributed by atoms with E-state index in [1.54, 1.807) is 10.9 Å². The van der Waals surface area contributed by atoms with E-state index >= 15 is 0 Å². The highest BCUT2D eigenvalue weighted by Crippen LogP contribution is 2.31. The number of thioether (sulfide) groups is 1. The molecule has 21 heavy (non-hydrogen) atoms. The van der Waals surface area contributed by atoms with Gasteiger partial charge in [-0.25, -0.2) is 4.68 Å². The van der Waals surface area contributed by atoms with Gasteiger partial charge in [0.15, 0.2) is 0 Å². The molecular weight excluding hydrogens is 306 g/mol. The summed E-state index contributed by atoms with van der Waals surface area (Å²) in [5.74, 6) is 0.625. The molecule has 4 nitrogen and oxygen atoms in total. The number of rotatable bonds is 5. The highest BCUT2D eigenvalue weighted by molar-refractivity contribution is 7.99. The SMILES string of the molecule is CSC1CCCC(Nc2c(Cl)cnn(CC3CC3)c2=O)C1. The van der Waals surface area contributed by atoms with Crippen molar-refractivity contribution in [3.63, 3.8) is 0 Å². The van der Waals surface area contributed by atoms with Crippen LogP contribution in [0.15, 0.2) is 11.0 Å². The molecule has 2 atom stereocenters. The lowest BCUT2D eigenvalue weighted by atomic mass is 9.95. The molecule has 2 saturated carbocycles. The molecule has 3 rings (SSSR count). The van der Waals surface area contributed by atoms with Crippen molar-refractivity contribution in [2.24, 2.45) is 5.92 Å². The Morgan fingerprint density at radius 3 is 2.95 bits per heavy atom. The summed E-state index contributed by atoms with van der Waals surface area (Å²) < 4.78 is 1.57. The van der Waals surface area contributed by atoms with Crippen LogP contribution >= 0.6 is 23.4 Å². The summed E-state index contributed by atoms with van der Waals surface area (Å²) in [5, 5.41) is 8.70. The van der Waals surface area contributed by atoms with Gasteiger partial charge in [-0.2, -0.15) is 16.9 Å². The fraction of sp³-hybridized carbons (Fsp3) is 0.733. The summed E-state index contributed by atoms with van der Waals surface area (Å²) in [4.78, 5) is 12.5. The first-order valence-electron chi connectivity index (χ1n) is 7.72. The molecule has 1 aromatic heterocycles. The van der Waals surface area contributed by atoms with Crippen molar-refractivity contribution >= 4 is 29.1 Å². The molecule has 1 heterocycles. The number of nitrogens with one attached hydrogen (secondary N) is 1. The maximum atomic E-state index is 12.5. The summed E-state index contributed by atoms with van der Waals surface area (Å²) in [6.07, 6.45) is 10.9. The van der Waals surface area contributed by atoms with Crippen LogP contribution in [0.5, 0.6) is 0 Å². The first kappa shape index (κ1) is 15.2. The Morgan fingerprint density at radius 2 is 2.24 bits per heavy atom. The number of aromatic nitrogens is 2. The molecule has 0 spiro atoms. The molecule has 6 heteroatoms. The minimum Gasteiger partial charge on any atom is -0.376 e. The highest BCUT2D eigenvalue weighted by Gasteiger charge is 2.25. The van der Waals surface area contributed by atoms with Gasteiger partial charge in [0.05, 0.1) is 11.2 Å². The number of nitrogens with zero attached hydrogens (tertiary/aromatic N) is 2. The highest BCUT2D eigenvalue weighted by atomic mass is 35.5. The number of anilines is 1.